The summed E-state index contributed by atoms with van der Waals surface area (Å²) in [6.07, 6.45) is 0.608. The predicted octanol–water partition coefficient (Wildman–Crippen LogP) is 0.439. The van der Waals surface area contributed by atoms with Gasteiger partial charge in [0, 0.05) is 32.2 Å². The van der Waals surface area contributed by atoms with E-state index in [0.717, 1.165) is 0 Å². The summed E-state index contributed by atoms with van der Waals surface area (Å²) in [6.45, 7) is 4.76. The molecule has 9 heteroatoms. The van der Waals surface area contributed by atoms with Crippen LogP contribution in [0.2, 0.25) is 0 Å². The number of hydrogen-bond donors (Lipinski definition) is 1. The second kappa shape index (κ2) is 6.86. The Kier molecular flexibility index (Phi) is 5.47. The number of benzene rings is 1. The molecule has 1 atom stereocenters. The van der Waals surface area contributed by atoms with E-state index in [1.807, 2.05) is 0 Å². The zero-order chi connectivity index (χ0) is 17.3. The fourth-order valence-corrected chi connectivity index (χ4v) is 5.77. The average Bonchev–Trinajstić information content (AvgIpc) is 2.96. The van der Waals surface area contributed by atoms with Crippen LogP contribution in [0.15, 0.2) is 34.1 Å². The monoisotopic (exact) mass is 361 g/mol. The van der Waals surface area contributed by atoms with Crippen molar-refractivity contribution in [1.29, 1.82) is 0 Å². The molecule has 2 rings (SSSR count). The second-order valence-corrected chi connectivity index (χ2v) is 9.35. The maximum atomic E-state index is 12.6. The third-order valence-electron chi connectivity index (χ3n) is 3.97. The second-order valence-electron chi connectivity index (χ2n) is 5.48. The highest BCUT2D eigenvalue weighted by atomic mass is 32.2. The Hall–Kier alpha value is -1.00. The molecule has 0 saturated carbocycles. The Bertz CT molecular complexity index is 758. The van der Waals surface area contributed by atoms with Gasteiger partial charge in [-0.3, -0.25) is 0 Å². The topological polar surface area (TPSA) is 101 Å². The van der Waals surface area contributed by atoms with Crippen molar-refractivity contribution in [2.45, 2.75) is 36.1 Å². The lowest BCUT2D eigenvalue weighted by molar-refractivity contribution is 0.445. The van der Waals surface area contributed by atoms with E-state index in [9.17, 15) is 16.8 Å². The highest BCUT2D eigenvalue weighted by Gasteiger charge is 2.32. The van der Waals surface area contributed by atoms with Gasteiger partial charge in [0.05, 0.1) is 9.79 Å². The molecule has 1 aromatic rings. The molecule has 0 spiro atoms. The molecule has 130 valence electrons. The average molecular weight is 361 g/mol. The van der Waals surface area contributed by atoms with Crippen LogP contribution in [0, 0.1) is 0 Å². The molecule has 1 heterocycles. The first-order valence-corrected chi connectivity index (χ1v) is 10.5. The first kappa shape index (κ1) is 18.3. The fourth-order valence-electron chi connectivity index (χ4n) is 2.63. The Morgan fingerprint density at radius 2 is 1.78 bits per heavy atom. The molecule has 1 fully saturated rings. The number of nitrogens with zero attached hydrogens (tertiary/aromatic N) is 2. The Balaban J connectivity index is 2.41. The SMILES string of the molecule is CCN(CC)S(=O)(=O)c1cccc(S(=O)(=O)N2CC[C@@H](N)C2)c1. The van der Waals surface area contributed by atoms with Crippen LogP contribution in [-0.4, -0.2) is 57.7 Å². The quantitative estimate of drug-likeness (QED) is 0.792. The van der Waals surface area contributed by atoms with Crippen LogP contribution in [0.25, 0.3) is 0 Å². The van der Waals surface area contributed by atoms with E-state index in [2.05, 4.69) is 0 Å². The molecule has 0 unspecified atom stereocenters. The zero-order valence-corrected chi connectivity index (χ0v) is 15.0. The normalized spacial score (nSPS) is 20.3. The molecule has 1 aliphatic heterocycles. The number of hydrogen-bond acceptors (Lipinski definition) is 5. The predicted molar refractivity (Wildman–Crippen MR) is 87.9 cm³/mol. The third-order valence-corrected chi connectivity index (χ3v) is 7.88. The third kappa shape index (κ3) is 3.58. The molecule has 1 aromatic carbocycles. The van der Waals surface area contributed by atoms with Gasteiger partial charge in [0.25, 0.3) is 0 Å². The van der Waals surface area contributed by atoms with Gasteiger partial charge >= 0.3 is 0 Å². The summed E-state index contributed by atoms with van der Waals surface area (Å²) in [5.74, 6) is 0. The lowest BCUT2D eigenvalue weighted by Gasteiger charge is -2.20. The van der Waals surface area contributed by atoms with Crippen LogP contribution < -0.4 is 5.73 Å². The van der Waals surface area contributed by atoms with Crippen LogP contribution in [-0.2, 0) is 20.0 Å². The van der Waals surface area contributed by atoms with E-state index < -0.39 is 20.0 Å². The molecule has 1 saturated heterocycles. The molecule has 23 heavy (non-hydrogen) atoms. The highest BCUT2D eigenvalue weighted by Crippen LogP contribution is 2.24. The van der Waals surface area contributed by atoms with Gasteiger partial charge in [-0.1, -0.05) is 19.9 Å². The first-order valence-electron chi connectivity index (χ1n) is 7.59. The standard InChI is InChI=1S/C14H23N3O4S2/c1-3-16(4-2)22(18,19)13-6-5-7-14(10-13)23(20,21)17-9-8-12(15)11-17/h5-7,10,12H,3-4,8-9,11,15H2,1-2H3/t12-/m1/s1. The molecule has 0 amide bonds. The highest BCUT2D eigenvalue weighted by molar-refractivity contribution is 7.90. The lowest BCUT2D eigenvalue weighted by Crippen LogP contribution is -2.33. The largest absolute Gasteiger partial charge is 0.326 e. The van der Waals surface area contributed by atoms with Crippen molar-refractivity contribution in [3.8, 4) is 0 Å². The fraction of sp³-hybridized carbons (Fsp3) is 0.571. The Morgan fingerprint density at radius 3 is 2.30 bits per heavy atom. The summed E-state index contributed by atoms with van der Waals surface area (Å²) < 4.78 is 53.0. The molecule has 7 nitrogen and oxygen atoms in total. The van der Waals surface area contributed by atoms with Crippen molar-refractivity contribution in [2.75, 3.05) is 26.2 Å². The summed E-state index contributed by atoms with van der Waals surface area (Å²) in [5.41, 5.74) is 5.77. The van der Waals surface area contributed by atoms with E-state index in [-0.39, 0.29) is 22.4 Å². The van der Waals surface area contributed by atoms with E-state index in [1.165, 1.54) is 32.9 Å². The van der Waals surface area contributed by atoms with Gasteiger partial charge in [0.15, 0.2) is 0 Å². The van der Waals surface area contributed by atoms with Gasteiger partial charge in [-0.2, -0.15) is 8.61 Å². The first-order chi connectivity index (χ1) is 10.7. The number of nitrogens with two attached hydrogens (primary N) is 1. The van der Waals surface area contributed by atoms with E-state index in [0.29, 0.717) is 26.1 Å². The van der Waals surface area contributed by atoms with Crippen molar-refractivity contribution in [1.82, 2.24) is 8.61 Å². The van der Waals surface area contributed by atoms with Gasteiger partial charge in [-0.05, 0) is 24.6 Å². The Labute approximate surface area is 138 Å². The molecule has 0 aliphatic carbocycles. The van der Waals surface area contributed by atoms with Crippen LogP contribution in [0.3, 0.4) is 0 Å². The van der Waals surface area contributed by atoms with Gasteiger partial charge < -0.3 is 5.73 Å². The maximum absolute atomic E-state index is 12.6. The summed E-state index contributed by atoms with van der Waals surface area (Å²) in [5, 5.41) is 0. The minimum atomic E-state index is -3.72. The molecular weight excluding hydrogens is 338 g/mol. The van der Waals surface area contributed by atoms with Gasteiger partial charge in [0.2, 0.25) is 20.0 Å². The molecule has 0 bridgehead atoms. The van der Waals surface area contributed by atoms with Gasteiger partial charge in [0.1, 0.15) is 0 Å². The molecule has 2 N–H and O–H groups in total. The summed E-state index contributed by atoms with van der Waals surface area (Å²) >= 11 is 0. The smallest absolute Gasteiger partial charge is 0.243 e. The van der Waals surface area contributed by atoms with Gasteiger partial charge in [-0.15, -0.1) is 0 Å². The lowest BCUT2D eigenvalue weighted by atomic mass is 10.3. The summed E-state index contributed by atoms with van der Waals surface area (Å²) in [6, 6.07) is 5.35. The van der Waals surface area contributed by atoms with Crippen LogP contribution in [0.5, 0.6) is 0 Å². The minimum Gasteiger partial charge on any atom is -0.326 e. The minimum absolute atomic E-state index is 0.00855. The Morgan fingerprint density at radius 1 is 1.17 bits per heavy atom. The molecule has 0 aromatic heterocycles. The van der Waals surface area contributed by atoms with Crippen molar-refractivity contribution in [3.63, 3.8) is 0 Å². The van der Waals surface area contributed by atoms with E-state index >= 15 is 0 Å². The zero-order valence-electron chi connectivity index (χ0n) is 13.3. The molecule has 1 aliphatic rings. The van der Waals surface area contributed by atoms with Gasteiger partial charge in [-0.25, -0.2) is 16.8 Å². The van der Waals surface area contributed by atoms with Crippen LogP contribution in [0.1, 0.15) is 20.3 Å². The summed E-state index contributed by atoms with van der Waals surface area (Å²) in [4.78, 5) is -0.0226. The van der Waals surface area contributed by atoms with Crippen LogP contribution in [0.4, 0.5) is 0 Å². The molecular formula is C14H23N3O4S2. The maximum Gasteiger partial charge on any atom is 0.243 e. The van der Waals surface area contributed by atoms with E-state index in [4.69, 9.17) is 5.73 Å². The van der Waals surface area contributed by atoms with E-state index in [1.54, 1.807) is 13.8 Å². The number of sulfonamides is 2. The van der Waals surface area contributed by atoms with Crippen molar-refractivity contribution >= 4 is 20.0 Å². The molecule has 0 radical (unpaired) electrons. The summed E-state index contributed by atoms with van der Waals surface area (Å²) in [7, 11) is -7.42. The van der Waals surface area contributed by atoms with Crippen molar-refractivity contribution in [3.05, 3.63) is 24.3 Å². The van der Waals surface area contributed by atoms with Crippen molar-refractivity contribution < 1.29 is 16.8 Å². The number of rotatable bonds is 6. The van der Waals surface area contributed by atoms with Crippen molar-refractivity contribution in [2.24, 2.45) is 5.73 Å². The van der Waals surface area contributed by atoms with Crippen LogP contribution >= 0.6 is 0 Å².